The third-order valence-electron chi connectivity index (χ3n) is 6.33. The number of nitrogens with one attached hydrogen (secondary N) is 1. The van der Waals surface area contributed by atoms with Gasteiger partial charge in [0.15, 0.2) is 0 Å². The number of fused-ring (bicyclic) bond motifs is 1. The minimum atomic E-state index is -0.764. The summed E-state index contributed by atoms with van der Waals surface area (Å²) in [7, 11) is 0. The monoisotopic (exact) mass is 456 g/mol. The van der Waals surface area contributed by atoms with Gasteiger partial charge in [-0.1, -0.05) is 12.1 Å². The SMILES string of the molecule is Cc1ccnc(NC(=O)c2ccc(-c3nc([C@H]4CC[C@@H](C(=O)O)C4)n4ccnc(N)c34)cc2)c1. The number of aromatic nitrogens is 4. The molecule has 1 aliphatic carbocycles. The van der Waals surface area contributed by atoms with Gasteiger partial charge in [0.05, 0.1) is 5.92 Å². The Hall–Kier alpha value is -4.27. The number of carboxylic acid groups (broad SMARTS) is 1. The van der Waals surface area contributed by atoms with E-state index in [1.165, 1.54) is 0 Å². The molecule has 4 N–H and O–H groups in total. The highest BCUT2D eigenvalue weighted by Crippen LogP contribution is 2.40. The summed E-state index contributed by atoms with van der Waals surface area (Å²) in [5.74, 6) is 0.267. The Morgan fingerprint density at radius 2 is 1.91 bits per heavy atom. The Labute approximate surface area is 195 Å². The Morgan fingerprint density at radius 3 is 2.62 bits per heavy atom. The van der Waals surface area contributed by atoms with Gasteiger partial charge in [-0.25, -0.2) is 15.0 Å². The van der Waals surface area contributed by atoms with Crippen molar-refractivity contribution in [3.8, 4) is 11.3 Å². The van der Waals surface area contributed by atoms with Gasteiger partial charge in [-0.15, -0.1) is 0 Å². The summed E-state index contributed by atoms with van der Waals surface area (Å²) in [5, 5.41) is 12.2. The van der Waals surface area contributed by atoms with Crippen molar-refractivity contribution in [2.45, 2.75) is 32.1 Å². The molecule has 9 nitrogen and oxygen atoms in total. The molecule has 1 aliphatic rings. The molecule has 0 bridgehead atoms. The van der Waals surface area contributed by atoms with Crippen molar-refractivity contribution in [3.05, 3.63) is 71.9 Å². The van der Waals surface area contributed by atoms with E-state index >= 15 is 0 Å². The average Bonchev–Trinajstić information content (AvgIpc) is 3.45. The highest BCUT2D eigenvalue weighted by Gasteiger charge is 2.33. The molecule has 0 radical (unpaired) electrons. The van der Waals surface area contributed by atoms with Crippen molar-refractivity contribution in [1.82, 2.24) is 19.4 Å². The van der Waals surface area contributed by atoms with Gasteiger partial charge in [-0.3, -0.25) is 14.0 Å². The average molecular weight is 457 g/mol. The van der Waals surface area contributed by atoms with E-state index in [4.69, 9.17) is 10.7 Å². The first kappa shape index (κ1) is 21.6. The van der Waals surface area contributed by atoms with Gasteiger partial charge < -0.3 is 16.2 Å². The van der Waals surface area contributed by atoms with Crippen LogP contribution in [-0.2, 0) is 4.79 Å². The van der Waals surface area contributed by atoms with Crippen molar-refractivity contribution in [3.63, 3.8) is 0 Å². The number of rotatable bonds is 5. The summed E-state index contributed by atoms with van der Waals surface area (Å²) in [4.78, 5) is 37.4. The smallest absolute Gasteiger partial charge is 0.306 e. The van der Waals surface area contributed by atoms with Gasteiger partial charge >= 0.3 is 5.97 Å². The van der Waals surface area contributed by atoms with E-state index in [0.717, 1.165) is 23.4 Å². The summed E-state index contributed by atoms with van der Waals surface area (Å²) in [6.45, 7) is 1.93. The number of amides is 1. The summed E-state index contributed by atoms with van der Waals surface area (Å²) in [5.41, 5.74) is 9.84. The largest absolute Gasteiger partial charge is 0.481 e. The van der Waals surface area contributed by atoms with Crippen molar-refractivity contribution in [2.75, 3.05) is 11.1 Å². The van der Waals surface area contributed by atoms with Crippen LogP contribution in [0.1, 0.15) is 46.9 Å². The second-order valence-corrected chi connectivity index (χ2v) is 8.64. The maximum Gasteiger partial charge on any atom is 0.306 e. The Balaban J connectivity index is 1.46. The number of nitrogens with zero attached hydrogens (tertiary/aromatic N) is 4. The van der Waals surface area contributed by atoms with Crippen molar-refractivity contribution < 1.29 is 14.7 Å². The second-order valence-electron chi connectivity index (χ2n) is 8.64. The van der Waals surface area contributed by atoms with E-state index in [2.05, 4.69) is 15.3 Å². The van der Waals surface area contributed by atoms with Crippen molar-refractivity contribution in [2.24, 2.45) is 5.92 Å². The predicted octanol–water partition coefficient (Wildman–Crippen LogP) is 3.90. The Morgan fingerprint density at radius 1 is 1.12 bits per heavy atom. The molecule has 1 fully saturated rings. The van der Waals surface area contributed by atoms with Gasteiger partial charge in [-0.05, 0) is 56.0 Å². The Kier molecular flexibility index (Phi) is 5.45. The molecule has 0 saturated heterocycles. The number of pyridine rings is 1. The number of carbonyl (C=O) groups is 2. The number of anilines is 2. The molecule has 1 aromatic carbocycles. The number of aryl methyl sites for hydroxylation is 1. The minimum Gasteiger partial charge on any atom is -0.481 e. The van der Waals surface area contributed by atoms with Crippen LogP contribution in [0.25, 0.3) is 16.8 Å². The highest BCUT2D eigenvalue weighted by molar-refractivity contribution is 6.04. The number of hydrogen-bond donors (Lipinski definition) is 3. The van der Waals surface area contributed by atoms with Crippen LogP contribution in [0, 0.1) is 12.8 Å². The number of benzene rings is 1. The third kappa shape index (κ3) is 3.96. The van der Waals surface area contributed by atoms with E-state index in [-0.39, 0.29) is 17.7 Å². The highest BCUT2D eigenvalue weighted by atomic mass is 16.4. The van der Waals surface area contributed by atoms with Crippen LogP contribution in [0.4, 0.5) is 11.6 Å². The van der Waals surface area contributed by atoms with Gasteiger partial charge in [-0.2, -0.15) is 0 Å². The first-order valence-corrected chi connectivity index (χ1v) is 11.1. The van der Waals surface area contributed by atoms with E-state index in [0.29, 0.717) is 41.3 Å². The van der Waals surface area contributed by atoms with E-state index in [1.54, 1.807) is 30.6 Å². The van der Waals surface area contributed by atoms with E-state index in [9.17, 15) is 14.7 Å². The quantitative estimate of drug-likeness (QED) is 0.414. The maximum absolute atomic E-state index is 12.7. The van der Waals surface area contributed by atoms with Crippen LogP contribution >= 0.6 is 0 Å². The number of carboxylic acids is 1. The first-order valence-electron chi connectivity index (χ1n) is 11.1. The molecule has 3 heterocycles. The van der Waals surface area contributed by atoms with Crippen molar-refractivity contribution in [1.29, 1.82) is 0 Å². The molecule has 0 spiro atoms. The molecular weight excluding hydrogens is 432 g/mol. The van der Waals surface area contributed by atoms with Gasteiger partial charge in [0.2, 0.25) is 0 Å². The zero-order valence-corrected chi connectivity index (χ0v) is 18.6. The molecule has 172 valence electrons. The Bertz CT molecular complexity index is 1400. The lowest BCUT2D eigenvalue weighted by atomic mass is 10.0. The van der Waals surface area contributed by atoms with Crippen molar-refractivity contribution >= 4 is 29.0 Å². The van der Waals surface area contributed by atoms with Crippen LogP contribution in [0.2, 0.25) is 0 Å². The molecular formula is C25H24N6O3. The molecule has 34 heavy (non-hydrogen) atoms. The zero-order chi connectivity index (χ0) is 23.8. The molecule has 2 atom stereocenters. The van der Waals surface area contributed by atoms with Gasteiger partial charge in [0.1, 0.15) is 28.7 Å². The normalized spacial score (nSPS) is 17.7. The molecule has 5 rings (SSSR count). The first-order chi connectivity index (χ1) is 16.4. The van der Waals surface area contributed by atoms with E-state index in [1.807, 2.05) is 35.7 Å². The number of nitrogen functional groups attached to an aromatic ring is 1. The summed E-state index contributed by atoms with van der Waals surface area (Å²) >= 11 is 0. The number of imidazole rings is 1. The lowest BCUT2D eigenvalue weighted by molar-refractivity contribution is -0.141. The fourth-order valence-electron chi connectivity index (χ4n) is 4.59. The topological polar surface area (TPSA) is 136 Å². The number of aliphatic carboxylic acids is 1. The standard InChI is InChI=1S/C25H24N6O3/c1-14-8-9-27-19(12-14)29-24(32)16-4-2-15(3-5-16)20-21-22(26)28-10-11-31(21)23(30-20)17-6-7-18(13-17)25(33)34/h2-5,8-12,17-18H,6-7,13H2,1H3,(H2,26,28)(H,33,34)(H,27,29,32)/t17-,18+/m0/s1. The van der Waals surface area contributed by atoms with Crippen LogP contribution in [-0.4, -0.2) is 36.3 Å². The lowest BCUT2D eigenvalue weighted by Crippen LogP contribution is -2.12. The van der Waals surface area contributed by atoms with Crippen LogP contribution in [0.3, 0.4) is 0 Å². The zero-order valence-electron chi connectivity index (χ0n) is 18.6. The summed E-state index contributed by atoms with van der Waals surface area (Å²) in [6.07, 6.45) is 7.00. The molecule has 0 unspecified atom stereocenters. The number of nitrogens with two attached hydrogens (primary N) is 1. The van der Waals surface area contributed by atoms with Crippen LogP contribution in [0.15, 0.2) is 55.0 Å². The summed E-state index contributed by atoms with van der Waals surface area (Å²) in [6, 6.07) is 10.8. The number of hydrogen-bond acceptors (Lipinski definition) is 6. The maximum atomic E-state index is 12.7. The van der Waals surface area contributed by atoms with E-state index < -0.39 is 5.97 Å². The fraction of sp³-hybridized carbons (Fsp3) is 0.240. The van der Waals surface area contributed by atoms with Gasteiger partial charge in [0.25, 0.3) is 5.91 Å². The third-order valence-corrected chi connectivity index (χ3v) is 6.33. The molecule has 9 heteroatoms. The molecule has 4 aromatic rings. The predicted molar refractivity (Wildman–Crippen MR) is 127 cm³/mol. The van der Waals surface area contributed by atoms with Gasteiger partial charge in [0, 0.05) is 35.6 Å². The minimum absolute atomic E-state index is 0.0241. The van der Waals surface area contributed by atoms with Crippen LogP contribution < -0.4 is 11.1 Å². The molecule has 1 amide bonds. The molecule has 1 saturated carbocycles. The molecule has 0 aliphatic heterocycles. The summed E-state index contributed by atoms with van der Waals surface area (Å²) < 4.78 is 1.91. The lowest BCUT2D eigenvalue weighted by Gasteiger charge is -2.08. The number of carbonyl (C=O) groups excluding carboxylic acids is 1. The second kappa shape index (κ2) is 8.58. The van der Waals surface area contributed by atoms with Crippen LogP contribution in [0.5, 0.6) is 0 Å². The fourth-order valence-corrected chi connectivity index (χ4v) is 4.59. The molecule has 3 aromatic heterocycles.